The molecule has 2 saturated heterocycles. The van der Waals surface area contributed by atoms with Gasteiger partial charge in [0, 0.05) is 25.4 Å². The first kappa shape index (κ1) is 14.3. The summed E-state index contributed by atoms with van der Waals surface area (Å²) in [6.07, 6.45) is 3.21. The highest BCUT2D eigenvalue weighted by atomic mass is 16.5. The van der Waals surface area contributed by atoms with Gasteiger partial charge in [0.15, 0.2) is 0 Å². The highest BCUT2D eigenvalue weighted by Gasteiger charge is 2.23. The third-order valence-corrected chi connectivity index (χ3v) is 4.03. The normalized spacial score (nSPS) is 21.8. The Morgan fingerprint density at radius 1 is 1.43 bits per heavy atom. The molecular formula is C15H22N4O2. The molecule has 0 radical (unpaired) electrons. The van der Waals surface area contributed by atoms with Gasteiger partial charge in [-0.05, 0) is 32.3 Å². The van der Waals surface area contributed by atoms with Gasteiger partial charge in [0.05, 0.1) is 24.8 Å². The molecule has 6 heteroatoms. The molecule has 2 aliphatic rings. The van der Waals surface area contributed by atoms with Crippen molar-refractivity contribution in [1.82, 2.24) is 15.3 Å². The summed E-state index contributed by atoms with van der Waals surface area (Å²) in [5.74, 6) is 0.846. The van der Waals surface area contributed by atoms with Gasteiger partial charge >= 0.3 is 0 Å². The van der Waals surface area contributed by atoms with Crippen LogP contribution in [0.5, 0.6) is 0 Å². The first-order valence-corrected chi connectivity index (χ1v) is 7.67. The van der Waals surface area contributed by atoms with E-state index in [1.165, 1.54) is 12.8 Å². The number of aryl methyl sites for hydroxylation is 1. The SMILES string of the molecule is Cc1cc(CNC(=O)C2CCOC2)nc(N2CCCC2)n1. The predicted molar refractivity (Wildman–Crippen MR) is 79.0 cm³/mol. The summed E-state index contributed by atoms with van der Waals surface area (Å²) in [7, 11) is 0. The third kappa shape index (κ3) is 3.50. The number of rotatable bonds is 4. The zero-order valence-electron chi connectivity index (χ0n) is 12.5. The van der Waals surface area contributed by atoms with Gasteiger partial charge < -0.3 is 15.0 Å². The zero-order valence-corrected chi connectivity index (χ0v) is 12.5. The number of hydrogen-bond acceptors (Lipinski definition) is 5. The van der Waals surface area contributed by atoms with E-state index in [-0.39, 0.29) is 11.8 Å². The van der Waals surface area contributed by atoms with Crippen LogP contribution in [-0.2, 0) is 16.1 Å². The lowest BCUT2D eigenvalue weighted by atomic mass is 10.1. The van der Waals surface area contributed by atoms with E-state index in [2.05, 4.69) is 20.2 Å². The van der Waals surface area contributed by atoms with E-state index in [4.69, 9.17) is 4.74 Å². The molecule has 0 spiro atoms. The molecule has 3 rings (SSSR count). The maximum absolute atomic E-state index is 12.0. The quantitative estimate of drug-likeness (QED) is 0.897. The van der Waals surface area contributed by atoms with Crippen LogP contribution in [0.2, 0.25) is 0 Å². The van der Waals surface area contributed by atoms with Crippen molar-refractivity contribution in [3.8, 4) is 0 Å². The average molecular weight is 290 g/mol. The number of carbonyl (C=O) groups is 1. The minimum absolute atomic E-state index is 0.00835. The lowest BCUT2D eigenvalue weighted by Crippen LogP contribution is -2.31. The monoisotopic (exact) mass is 290 g/mol. The van der Waals surface area contributed by atoms with Crippen molar-refractivity contribution in [2.24, 2.45) is 5.92 Å². The Morgan fingerprint density at radius 3 is 2.95 bits per heavy atom. The molecule has 0 bridgehead atoms. The maximum atomic E-state index is 12.0. The van der Waals surface area contributed by atoms with Crippen LogP contribution in [0.25, 0.3) is 0 Å². The third-order valence-electron chi connectivity index (χ3n) is 4.03. The van der Waals surface area contributed by atoms with Gasteiger partial charge in [-0.25, -0.2) is 9.97 Å². The number of nitrogens with zero attached hydrogens (tertiary/aromatic N) is 3. The van der Waals surface area contributed by atoms with Crippen LogP contribution in [0.3, 0.4) is 0 Å². The second-order valence-corrected chi connectivity index (χ2v) is 5.77. The number of ether oxygens (including phenoxy) is 1. The maximum Gasteiger partial charge on any atom is 0.225 e. The van der Waals surface area contributed by atoms with Crippen LogP contribution in [0.4, 0.5) is 5.95 Å². The van der Waals surface area contributed by atoms with E-state index in [1.807, 2.05) is 13.0 Å². The van der Waals surface area contributed by atoms with E-state index in [0.29, 0.717) is 19.8 Å². The molecule has 1 unspecified atom stereocenters. The van der Waals surface area contributed by atoms with Crippen molar-refractivity contribution in [2.45, 2.75) is 32.7 Å². The molecule has 1 aromatic heterocycles. The summed E-state index contributed by atoms with van der Waals surface area (Å²) in [5.41, 5.74) is 1.82. The average Bonchev–Trinajstić information content (AvgIpc) is 3.16. The van der Waals surface area contributed by atoms with Crippen LogP contribution in [0.1, 0.15) is 30.7 Å². The fraction of sp³-hybridized carbons (Fsp3) is 0.667. The number of hydrogen-bond donors (Lipinski definition) is 1. The molecule has 114 valence electrons. The fourth-order valence-electron chi connectivity index (χ4n) is 2.83. The van der Waals surface area contributed by atoms with Gasteiger partial charge in [-0.3, -0.25) is 4.79 Å². The number of carbonyl (C=O) groups excluding carboxylic acids is 1. The Bertz CT molecular complexity index is 508. The highest BCUT2D eigenvalue weighted by Crippen LogP contribution is 2.17. The van der Waals surface area contributed by atoms with E-state index < -0.39 is 0 Å². The van der Waals surface area contributed by atoms with Gasteiger partial charge in [-0.1, -0.05) is 0 Å². The number of anilines is 1. The molecule has 0 aliphatic carbocycles. The summed E-state index contributed by atoms with van der Waals surface area (Å²) < 4.78 is 5.24. The van der Waals surface area contributed by atoms with Crippen molar-refractivity contribution in [3.05, 3.63) is 17.5 Å². The van der Waals surface area contributed by atoms with Gasteiger partial charge in [0.1, 0.15) is 0 Å². The predicted octanol–water partition coefficient (Wildman–Crippen LogP) is 1.04. The standard InChI is InChI=1S/C15H22N4O2/c1-11-8-13(9-16-14(20)12-4-7-21-10-12)18-15(17-11)19-5-2-3-6-19/h8,12H,2-7,9-10H2,1H3,(H,16,20). The van der Waals surface area contributed by atoms with E-state index in [1.54, 1.807) is 0 Å². The van der Waals surface area contributed by atoms with E-state index in [0.717, 1.165) is 36.8 Å². The van der Waals surface area contributed by atoms with Crippen molar-refractivity contribution in [3.63, 3.8) is 0 Å². The van der Waals surface area contributed by atoms with Crippen molar-refractivity contribution < 1.29 is 9.53 Å². The Morgan fingerprint density at radius 2 is 2.24 bits per heavy atom. The highest BCUT2D eigenvalue weighted by molar-refractivity contribution is 5.78. The molecule has 1 aromatic rings. The molecular weight excluding hydrogens is 268 g/mol. The Hall–Kier alpha value is -1.69. The summed E-state index contributed by atoms with van der Waals surface area (Å²) in [4.78, 5) is 23.3. The Balaban J connectivity index is 1.63. The molecule has 3 heterocycles. The topological polar surface area (TPSA) is 67.3 Å². The molecule has 2 fully saturated rings. The fourth-order valence-corrected chi connectivity index (χ4v) is 2.83. The summed E-state index contributed by atoms with van der Waals surface area (Å²) >= 11 is 0. The molecule has 1 amide bonds. The van der Waals surface area contributed by atoms with Gasteiger partial charge in [0.2, 0.25) is 11.9 Å². The molecule has 1 atom stereocenters. The largest absolute Gasteiger partial charge is 0.381 e. The first-order chi connectivity index (χ1) is 10.2. The minimum atomic E-state index is -0.00835. The zero-order chi connectivity index (χ0) is 14.7. The molecule has 0 aromatic carbocycles. The van der Waals surface area contributed by atoms with Crippen LogP contribution >= 0.6 is 0 Å². The smallest absolute Gasteiger partial charge is 0.225 e. The summed E-state index contributed by atoms with van der Waals surface area (Å²) in [6, 6.07) is 1.94. The van der Waals surface area contributed by atoms with E-state index >= 15 is 0 Å². The second kappa shape index (κ2) is 6.39. The molecule has 21 heavy (non-hydrogen) atoms. The van der Waals surface area contributed by atoms with Gasteiger partial charge in [0.25, 0.3) is 0 Å². The number of nitrogens with one attached hydrogen (secondary N) is 1. The van der Waals surface area contributed by atoms with Crippen molar-refractivity contribution in [1.29, 1.82) is 0 Å². The van der Waals surface area contributed by atoms with Gasteiger partial charge in [-0.2, -0.15) is 0 Å². The van der Waals surface area contributed by atoms with Gasteiger partial charge in [-0.15, -0.1) is 0 Å². The van der Waals surface area contributed by atoms with Crippen LogP contribution < -0.4 is 10.2 Å². The minimum Gasteiger partial charge on any atom is -0.381 e. The second-order valence-electron chi connectivity index (χ2n) is 5.77. The van der Waals surface area contributed by atoms with Crippen LogP contribution in [-0.4, -0.2) is 42.2 Å². The van der Waals surface area contributed by atoms with E-state index in [9.17, 15) is 4.79 Å². The van der Waals surface area contributed by atoms with Crippen LogP contribution in [0.15, 0.2) is 6.07 Å². The Labute approximate surface area is 124 Å². The number of amides is 1. The lowest BCUT2D eigenvalue weighted by Gasteiger charge is -2.17. The van der Waals surface area contributed by atoms with Crippen molar-refractivity contribution >= 4 is 11.9 Å². The molecule has 0 saturated carbocycles. The molecule has 6 nitrogen and oxygen atoms in total. The van der Waals surface area contributed by atoms with Crippen molar-refractivity contribution in [2.75, 3.05) is 31.2 Å². The first-order valence-electron chi connectivity index (χ1n) is 7.67. The number of aromatic nitrogens is 2. The molecule has 1 N–H and O–H groups in total. The Kier molecular flexibility index (Phi) is 4.34. The molecule has 2 aliphatic heterocycles. The van der Waals surface area contributed by atoms with Crippen LogP contribution in [0, 0.1) is 12.8 Å². The summed E-state index contributed by atoms with van der Waals surface area (Å²) in [6.45, 7) is 5.69. The summed E-state index contributed by atoms with van der Waals surface area (Å²) in [5, 5.41) is 2.96. The lowest BCUT2D eigenvalue weighted by molar-refractivity contribution is -0.125.